The fraction of sp³-hybridized carbons (Fsp3) is 0.300. The van der Waals surface area contributed by atoms with Crippen molar-refractivity contribution >= 4 is 25.8 Å². The summed E-state index contributed by atoms with van der Waals surface area (Å²) in [5.74, 6) is 0.0170. The summed E-state index contributed by atoms with van der Waals surface area (Å²) in [4.78, 5) is 0.294. The molecule has 1 rings (SSSR count). The van der Waals surface area contributed by atoms with E-state index in [1.807, 2.05) is 6.07 Å². The monoisotopic (exact) mass is 287 g/mol. The van der Waals surface area contributed by atoms with Gasteiger partial charge in [-0.25, -0.2) is 8.42 Å². The molecule has 0 bridgehead atoms. The molecule has 5 heteroatoms. The van der Waals surface area contributed by atoms with Crippen LogP contribution < -0.4 is 0 Å². The number of nitrogens with zero attached hydrogens (tertiary/aromatic N) is 1. The molecule has 0 radical (unpaired) electrons. The standard InChI is InChI=1S/C10H10BrNO2S/c11-9-5-1-2-6-10(9)15(13,14)8-4-3-7-12/h1-2,5-6H,3-4,8H2. The molecule has 0 saturated heterocycles. The third-order valence-electron chi connectivity index (χ3n) is 1.87. The Hall–Kier alpha value is -0.860. The molecule has 15 heavy (non-hydrogen) atoms. The Kier molecular flexibility index (Phi) is 4.30. The first kappa shape index (κ1) is 12.2. The van der Waals surface area contributed by atoms with Crippen molar-refractivity contribution in [2.24, 2.45) is 0 Å². The molecular formula is C10H10BrNO2S. The molecule has 0 heterocycles. The molecule has 0 spiro atoms. The second-order valence-corrected chi connectivity index (χ2v) is 5.94. The molecule has 0 aliphatic heterocycles. The van der Waals surface area contributed by atoms with Gasteiger partial charge in [0, 0.05) is 10.9 Å². The zero-order valence-electron chi connectivity index (χ0n) is 7.98. The maximum atomic E-state index is 11.8. The van der Waals surface area contributed by atoms with Crippen LogP contribution in [0, 0.1) is 11.3 Å². The second-order valence-electron chi connectivity index (χ2n) is 3.01. The number of benzene rings is 1. The van der Waals surface area contributed by atoms with Gasteiger partial charge in [0.15, 0.2) is 9.84 Å². The minimum absolute atomic E-state index is 0.0170. The Morgan fingerprint density at radius 2 is 2.00 bits per heavy atom. The largest absolute Gasteiger partial charge is 0.224 e. The van der Waals surface area contributed by atoms with Crippen LogP contribution in [-0.2, 0) is 9.84 Å². The first-order valence-electron chi connectivity index (χ1n) is 4.42. The number of hydrogen-bond acceptors (Lipinski definition) is 3. The van der Waals surface area contributed by atoms with Crippen molar-refractivity contribution in [3.8, 4) is 6.07 Å². The molecule has 0 atom stereocenters. The first-order chi connectivity index (χ1) is 7.08. The Morgan fingerprint density at radius 3 is 2.60 bits per heavy atom. The van der Waals surface area contributed by atoms with Crippen LogP contribution in [-0.4, -0.2) is 14.2 Å². The summed E-state index contributed by atoms with van der Waals surface area (Å²) in [5, 5.41) is 8.33. The van der Waals surface area contributed by atoms with E-state index in [9.17, 15) is 8.42 Å². The molecule has 80 valence electrons. The molecule has 0 unspecified atom stereocenters. The number of rotatable bonds is 4. The van der Waals surface area contributed by atoms with Crippen molar-refractivity contribution in [1.29, 1.82) is 5.26 Å². The maximum Gasteiger partial charge on any atom is 0.179 e. The van der Waals surface area contributed by atoms with E-state index in [-0.39, 0.29) is 12.2 Å². The summed E-state index contributed by atoms with van der Waals surface area (Å²) in [6.45, 7) is 0. The van der Waals surface area contributed by atoms with Crippen LogP contribution >= 0.6 is 15.9 Å². The highest BCUT2D eigenvalue weighted by molar-refractivity contribution is 9.10. The summed E-state index contributed by atoms with van der Waals surface area (Å²) in [6.07, 6.45) is 0.643. The van der Waals surface area contributed by atoms with Gasteiger partial charge in [-0.2, -0.15) is 5.26 Å². The Morgan fingerprint density at radius 1 is 1.33 bits per heavy atom. The van der Waals surface area contributed by atoms with Gasteiger partial charge < -0.3 is 0 Å². The smallest absolute Gasteiger partial charge is 0.179 e. The van der Waals surface area contributed by atoms with Crippen molar-refractivity contribution < 1.29 is 8.42 Å². The molecule has 1 aromatic rings. The van der Waals surface area contributed by atoms with Crippen LogP contribution in [0.4, 0.5) is 0 Å². The summed E-state index contributed by atoms with van der Waals surface area (Å²) in [6, 6.07) is 8.63. The van der Waals surface area contributed by atoms with E-state index in [1.54, 1.807) is 24.3 Å². The molecule has 0 N–H and O–H groups in total. The van der Waals surface area contributed by atoms with Crippen LogP contribution in [0.25, 0.3) is 0 Å². The van der Waals surface area contributed by atoms with Crippen LogP contribution in [0.1, 0.15) is 12.8 Å². The van der Waals surface area contributed by atoms with Gasteiger partial charge >= 0.3 is 0 Å². The third kappa shape index (κ3) is 3.33. The highest BCUT2D eigenvalue weighted by Crippen LogP contribution is 2.22. The van der Waals surface area contributed by atoms with Crippen molar-refractivity contribution in [2.45, 2.75) is 17.7 Å². The van der Waals surface area contributed by atoms with Crippen molar-refractivity contribution in [3.05, 3.63) is 28.7 Å². The van der Waals surface area contributed by atoms with E-state index < -0.39 is 9.84 Å². The minimum atomic E-state index is -3.26. The molecule has 0 aliphatic carbocycles. The molecule has 3 nitrogen and oxygen atoms in total. The van der Waals surface area contributed by atoms with Crippen LogP contribution in [0.3, 0.4) is 0 Å². The van der Waals surface area contributed by atoms with Gasteiger partial charge in [0.25, 0.3) is 0 Å². The highest BCUT2D eigenvalue weighted by atomic mass is 79.9. The molecule has 1 aromatic carbocycles. The zero-order chi connectivity index (χ0) is 11.3. The maximum absolute atomic E-state index is 11.8. The summed E-state index contributed by atoms with van der Waals surface area (Å²) < 4.78 is 24.1. The SMILES string of the molecule is N#CCCCS(=O)(=O)c1ccccc1Br. The van der Waals surface area contributed by atoms with Gasteiger partial charge in [0.1, 0.15) is 0 Å². The Balaban J connectivity index is 2.88. The van der Waals surface area contributed by atoms with Gasteiger partial charge in [-0.15, -0.1) is 0 Å². The van der Waals surface area contributed by atoms with Gasteiger partial charge in [0.2, 0.25) is 0 Å². The lowest BCUT2D eigenvalue weighted by Crippen LogP contribution is -2.07. The van der Waals surface area contributed by atoms with Crippen molar-refractivity contribution in [2.75, 3.05) is 5.75 Å². The number of sulfone groups is 1. The van der Waals surface area contributed by atoms with Crippen LogP contribution in [0.15, 0.2) is 33.6 Å². The fourth-order valence-electron chi connectivity index (χ4n) is 1.15. The van der Waals surface area contributed by atoms with Crippen LogP contribution in [0.2, 0.25) is 0 Å². The Bertz CT molecular complexity index is 476. The molecule has 0 amide bonds. The number of nitriles is 1. The average Bonchev–Trinajstić information content (AvgIpc) is 2.18. The van der Waals surface area contributed by atoms with E-state index in [0.29, 0.717) is 15.8 Å². The summed E-state index contributed by atoms with van der Waals surface area (Å²) in [5.41, 5.74) is 0. The van der Waals surface area contributed by atoms with E-state index >= 15 is 0 Å². The zero-order valence-corrected chi connectivity index (χ0v) is 10.4. The van der Waals surface area contributed by atoms with E-state index in [4.69, 9.17) is 5.26 Å². The lowest BCUT2D eigenvalue weighted by Gasteiger charge is -2.04. The number of hydrogen-bond donors (Lipinski definition) is 0. The van der Waals surface area contributed by atoms with Crippen LogP contribution in [0.5, 0.6) is 0 Å². The van der Waals surface area contributed by atoms with Crippen molar-refractivity contribution in [1.82, 2.24) is 0 Å². The normalized spacial score (nSPS) is 10.9. The molecule has 0 aromatic heterocycles. The predicted octanol–water partition coefficient (Wildman–Crippen LogP) is 2.53. The van der Waals surface area contributed by atoms with Gasteiger partial charge in [-0.1, -0.05) is 12.1 Å². The van der Waals surface area contributed by atoms with Gasteiger partial charge in [-0.05, 0) is 34.5 Å². The van der Waals surface area contributed by atoms with Crippen molar-refractivity contribution in [3.63, 3.8) is 0 Å². The lowest BCUT2D eigenvalue weighted by molar-refractivity contribution is 0.593. The topological polar surface area (TPSA) is 57.9 Å². The molecule has 0 fully saturated rings. The van der Waals surface area contributed by atoms with E-state index in [1.165, 1.54) is 0 Å². The molecule has 0 aliphatic rings. The summed E-state index contributed by atoms with van der Waals surface area (Å²) in [7, 11) is -3.26. The fourth-order valence-corrected chi connectivity index (χ4v) is 3.57. The lowest BCUT2D eigenvalue weighted by atomic mass is 10.4. The van der Waals surface area contributed by atoms with E-state index in [2.05, 4.69) is 15.9 Å². The first-order valence-corrected chi connectivity index (χ1v) is 6.86. The second kappa shape index (κ2) is 5.29. The number of halogens is 1. The third-order valence-corrected chi connectivity index (χ3v) is 4.68. The Labute approximate surface area is 97.8 Å². The van der Waals surface area contributed by atoms with E-state index in [0.717, 1.165) is 0 Å². The number of unbranched alkanes of at least 4 members (excludes halogenated alkanes) is 1. The van der Waals surface area contributed by atoms with Gasteiger partial charge in [-0.3, -0.25) is 0 Å². The molecule has 0 saturated carbocycles. The van der Waals surface area contributed by atoms with Gasteiger partial charge in [0.05, 0.1) is 16.7 Å². The summed E-state index contributed by atoms with van der Waals surface area (Å²) >= 11 is 3.20. The quantitative estimate of drug-likeness (QED) is 0.800. The predicted molar refractivity (Wildman–Crippen MR) is 61.0 cm³/mol. The minimum Gasteiger partial charge on any atom is -0.224 e. The highest BCUT2D eigenvalue weighted by Gasteiger charge is 2.16. The average molecular weight is 288 g/mol. The molecular weight excluding hydrogens is 278 g/mol.